The lowest BCUT2D eigenvalue weighted by molar-refractivity contribution is -0.135. The molecule has 1 saturated heterocycles. The van der Waals surface area contributed by atoms with Gasteiger partial charge in [-0.15, -0.1) is 11.8 Å². The van der Waals surface area contributed by atoms with Gasteiger partial charge in [-0.2, -0.15) is 0 Å². The van der Waals surface area contributed by atoms with E-state index in [9.17, 15) is 9.59 Å². The third kappa shape index (κ3) is 5.86. The van der Waals surface area contributed by atoms with Crippen molar-refractivity contribution in [3.8, 4) is 0 Å². The number of likely N-dealkylation sites (tertiary alicyclic amines) is 1. The van der Waals surface area contributed by atoms with Crippen LogP contribution >= 0.6 is 11.8 Å². The summed E-state index contributed by atoms with van der Waals surface area (Å²) in [6.07, 6.45) is 2.73. The molecule has 1 aliphatic rings. The summed E-state index contributed by atoms with van der Waals surface area (Å²) in [6, 6.07) is 6.52. The first kappa shape index (κ1) is 18.8. The summed E-state index contributed by atoms with van der Waals surface area (Å²) in [7, 11) is 1.83. The molecule has 0 aromatic heterocycles. The van der Waals surface area contributed by atoms with Crippen LogP contribution in [0.1, 0.15) is 36.0 Å². The van der Waals surface area contributed by atoms with E-state index in [0.29, 0.717) is 25.3 Å². The number of piperidine rings is 1. The number of rotatable bonds is 7. The summed E-state index contributed by atoms with van der Waals surface area (Å²) < 4.78 is 0. The predicted octanol–water partition coefficient (Wildman–Crippen LogP) is 3.01. The molecule has 24 heavy (non-hydrogen) atoms. The highest BCUT2D eigenvalue weighted by molar-refractivity contribution is 7.99. The monoisotopic (exact) mass is 348 g/mol. The smallest absolute Gasteiger partial charge is 0.232 e. The maximum atomic E-state index is 12.2. The van der Waals surface area contributed by atoms with Gasteiger partial charge in [0, 0.05) is 38.9 Å². The molecule has 0 aliphatic carbocycles. The van der Waals surface area contributed by atoms with Gasteiger partial charge in [0.05, 0.1) is 5.75 Å². The van der Waals surface area contributed by atoms with E-state index < -0.39 is 0 Å². The van der Waals surface area contributed by atoms with Gasteiger partial charge in [-0.1, -0.05) is 29.3 Å². The van der Waals surface area contributed by atoms with E-state index in [4.69, 9.17) is 0 Å². The summed E-state index contributed by atoms with van der Waals surface area (Å²) in [5.74, 6) is 1.70. The van der Waals surface area contributed by atoms with Crippen LogP contribution in [0, 0.1) is 13.8 Å². The molecular weight excluding hydrogens is 320 g/mol. The van der Waals surface area contributed by atoms with Gasteiger partial charge < -0.3 is 9.80 Å². The van der Waals surface area contributed by atoms with Crippen LogP contribution < -0.4 is 0 Å². The highest BCUT2D eigenvalue weighted by Crippen LogP contribution is 2.16. The summed E-state index contributed by atoms with van der Waals surface area (Å²) in [4.78, 5) is 27.6. The number of nitrogens with zero attached hydrogens (tertiary/aromatic N) is 2. The van der Waals surface area contributed by atoms with Crippen molar-refractivity contribution in [1.29, 1.82) is 0 Å². The number of amides is 2. The molecule has 4 nitrogen and oxygen atoms in total. The topological polar surface area (TPSA) is 40.6 Å². The Balaban J connectivity index is 1.70. The average molecular weight is 349 g/mol. The Hall–Kier alpha value is -1.49. The van der Waals surface area contributed by atoms with Crippen LogP contribution in [0.4, 0.5) is 0 Å². The molecule has 0 saturated carbocycles. The predicted molar refractivity (Wildman–Crippen MR) is 100 cm³/mol. The summed E-state index contributed by atoms with van der Waals surface area (Å²) in [6.45, 7) is 6.31. The molecule has 132 valence electrons. The first-order chi connectivity index (χ1) is 11.5. The third-order valence-electron chi connectivity index (χ3n) is 4.33. The van der Waals surface area contributed by atoms with Crippen LogP contribution in [-0.4, -0.2) is 54.0 Å². The van der Waals surface area contributed by atoms with E-state index in [1.54, 1.807) is 16.7 Å². The lowest BCUT2D eigenvalue weighted by Gasteiger charge is -2.28. The number of likely N-dealkylation sites (N-methyl/N-ethyl adjacent to an activating group) is 1. The summed E-state index contributed by atoms with van der Waals surface area (Å²) in [5, 5.41) is 0. The molecule has 1 aromatic rings. The van der Waals surface area contributed by atoms with Crippen molar-refractivity contribution in [1.82, 2.24) is 9.80 Å². The highest BCUT2D eigenvalue weighted by atomic mass is 32.2. The minimum absolute atomic E-state index is 0.133. The fraction of sp³-hybridized carbons (Fsp3) is 0.579. The Kier molecular flexibility index (Phi) is 7.16. The largest absolute Gasteiger partial charge is 0.343 e. The average Bonchev–Trinajstić information content (AvgIpc) is 2.52. The van der Waals surface area contributed by atoms with Crippen molar-refractivity contribution >= 4 is 23.6 Å². The van der Waals surface area contributed by atoms with Crippen molar-refractivity contribution in [2.75, 3.05) is 32.4 Å². The van der Waals surface area contributed by atoms with Crippen LogP contribution in [0.25, 0.3) is 0 Å². The second kappa shape index (κ2) is 9.11. The maximum absolute atomic E-state index is 12.2. The quantitative estimate of drug-likeness (QED) is 0.760. The maximum Gasteiger partial charge on any atom is 0.232 e. The van der Waals surface area contributed by atoms with E-state index >= 15 is 0 Å². The Morgan fingerprint density at radius 2 is 1.92 bits per heavy atom. The van der Waals surface area contributed by atoms with Crippen LogP contribution in [0.5, 0.6) is 0 Å². The molecule has 2 amide bonds. The van der Waals surface area contributed by atoms with E-state index in [1.807, 2.05) is 11.9 Å². The van der Waals surface area contributed by atoms with Gasteiger partial charge in [0.15, 0.2) is 0 Å². The third-order valence-corrected chi connectivity index (χ3v) is 5.32. The van der Waals surface area contributed by atoms with Gasteiger partial charge in [-0.25, -0.2) is 0 Å². The first-order valence-electron chi connectivity index (χ1n) is 8.62. The molecule has 0 spiro atoms. The first-order valence-corrected chi connectivity index (χ1v) is 9.78. The molecule has 1 fully saturated rings. The van der Waals surface area contributed by atoms with Gasteiger partial charge in [0.2, 0.25) is 11.8 Å². The van der Waals surface area contributed by atoms with Crippen molar-refractivity contribution in [2.45, 2.75) is 38.9 Å². The van der Waals surface area contributed by atoms with Crippen molar-refractivity contribution in [3.05, 3.63) is 34.9 Å². The van der Waals surface area contributed by atoms with Gasteiger partial charge in [-0.3, -0.25) is 9.59 Å². The lowest BCUT2D eigenvalue weighted by atomic mass is 10.1. The highest BCUT2D eigenvalue weighted by Gasteiger charge is 2.18. The summed E-state index contributed by atoms with van der Waals surface area (Å²) in [5.41, 5.74) is 3.80. The van der Waals surface area contributed by atoms with Crippen molar-refractivity contribution in [2.24, 2.45) is 0 Å². The number of thioether (sulfide) groups is 1. The van der Waals surface area contributed by atoms with Crippen LogP contribution in [0.2, 0.25) is 0 Å². The second-order valence-electron chi connectivity index (χ2n) is 6.64. The Labute approximate surface area is 149 Å². The van der Waals surface area contributed by atoms with Crippen LogP contribution in [-0.2, 0) is 15.3 Å². The van der Waals surface area contributed by atoms with Crippen molar-refractivity contribution in [3.63, 3.8) is 0 Å². The zero-order chi connectivity index (χ0) is 17.5. The zero-order valence-corrected chi connectivity index (χ0v) is 15.8. The molecule has 0 N–H and O–H groups in total. The molecule has 1 aliphatic heterocycles. The van der Waals surface area contributed by atoms with Gasteiger partial charge in [-0.05, 0) is 32.3 Å². The molecule has 5 heteroatoms. The molecule has 1 heterocycles. The van der Waals surface area contributed by atoms with Gasteiger partial charge in [0.1, 0.15) is 0 Å². The summed E-state index contributed by atoms with van der Waals surface area (Å²) >= 11 is 1.65. The van der Waals surface area contributed by atoms with Crippen LogP contribution in [0.3, 0.4) is 0 Å². The second-order valence-corrected chi connectivity index (χ2v) is 7.63. The lowest BCUT2D eigenvalue weighted by Crippen LogP contribution is -2.42. The Bertz CT molecular complexity index is 568. The van der Waals surface area contributed by atoms with E-state index in [1.165, 1.54) is 16.7 Å². The molecule has 0 atom stereocenters. The number of carbonyl (C=O) groups excluding carboxylic acids is 2. The number of hydrogen-bond donors (Lipinski definition) is 0. The number of benzene rings is 1. The number of hydrogen-bond acceptors (Lipinski definition) is 3. The number of carbonyl (C=O) groups is 2. The van der Waals surface area contributed by atoms with Gasteiger partial charge >= 0.3 is 0 Å². The molecule has 1 aromatic carbocycles. The van der Waals surface area contributed by atoms with E-state index in [0.717, 1.165) is 25.1 Å². The fourth-order valence-corrected chi connectivity index (χ4v) is 3.91. The van der Waals surface area contributed by atoms with Crippen molar-refractivity contribution < 1.29 is 9.59 Å². The molecule has 2 rings (SSSR count). The van der Waals surface area contributed by atoms with Gasteiger partial charge in [0.25, 0.3) is 0 Å². The molecule has 0 radical (unpaired) electrons. The minimum Gasteiger partial charge on any atom is -0.343 e. The minimum atomic E-state index is 0.133. The van der Waals surface area contributed by atoms with Crippen LogP contribution in [0.15, 0.2) is 18.2 Å². The SMILES string of the molecule is Cc1cc(C)cc(CSCC(=O)N(C)CCN2CCCCC2=O)c1. The molecule has 0 bridgehead atoms. The zero-order valence-electron chi connectivity index (χ0n) is 15.0. The normalized spacial score (nSPS) is 14.8. The Morgan fingerprint density at radius 3 is 2.58 bits per heavy atom. The number of aryl methyl sites for hydroxylation is 2. The fourth-order valence-electron chi connectivity index (χ4n) is 3.01. The molecule has 0 unspecified atom stereocenters. The standard InChI is InChI=1S/C19H28N2O2S/c1-15-10-16(2)12-17(11-15)13-24-14-19(23)20(3)8-9-21-7-5-4-6-18(21)22/h10-12H,4-9,13-14H2,1-3H3. The molecular formula is C19H28N2O2S. The van der Waals surface area contributed by atoms with E-state index in [-0.39, 0.29) is 11.8 Å². The van der Waals surface area contributed by atoms with E-state index in [2.05, 4.69) is 32.0 Å². The Morgan fingerprint density at radius 1 is 1.21 bits per heavy atom.